The van der Waals surface area contributed by atoms with E-state index in [0.29, 0.717) is 17.1 Å². The van der Waals surface area contributed by atoms with Gasteiger partial charge in [0.15, 0.2) is 0 Å². The molecule has 1 aromatic heterocycles. The molecule has 0 amide bonds. The summed E-state index contributed by atoms with van der Waals surface area (Å²) < 4.78 is 27.2. The van der Waals surface area contributed by atoms with E-state index in [1.165, 1.54) is 15.6 Å². The number of nitrogens with zero attached hydrogens (tertiary/aromatic N) is 1. The molecule has 3 unspecified atom stereocenters. The number of carbonyl (C=O) groups is 1. The van der Waals surface area contributed by atoms with Crippen LogP contribution in [-0.2, 0) is 14.8 Å². The van der Waals surface area contributed by atoms with Gasteiger partial charge in [-0.1, -0.05) is 0 Å². The zero-order valence-corrected chi connectivity index (χ0v) is 12.1. The van der Waals surface area contributed by atoms with Crippen LogP contribution >= 0.6 is 11.3 Å². The van der Waals surface area contributed by atoms with E-state index in [9.17, 15) is 18.3 Å². The van der Waals surface area contributed by atoms with Crippen molar-refractivity contribution in [2.24, 2.45) is 5.92 Å². The standard InChI is InChI=1S/C12H15NO4S2/c1-7-4-5-18-12(7)19(16,17)13-8-2-3-10(13)9(6-8)11(14)15/h4-5,8-10H,2-3,6H2,1H3,(H,14,15). The Kier molecular flexibility index (Phi) is 2.95. The van der Waals surface area contributed by atoms with Gasteiger partial charge in [0, 0.05) is 12.1 Å². The van der Waals surface area contributed by atoms with Gasteiger partial charge in [0.2, 0.25) is 0 Å². The van der Waals surface area contributed by atoms with Crippen molar-refractivity contribution in [3.63, 3.8) is 0 Å². The number of aliphatic carboxylic acids is 1. The number of hydrogen-bond donors (Lipinski definition) is 1. The van der Waals surface area contributed by atoms with Crippen LogP contribution in [-0.4, -0.2) is 35.9 Å². The number of thiophene rings is 1. The zero-order valence-electron chi connectivity index (χ0n) is 10.4. The van der Waals surface area contributed by atoms with Crippen LogP contribution in [0.1, 0.15) is 24.8 Å². The first-order valence-corrected chi connectivity index (χ1v) is 8.55. The largest absolute Gasteiger partial charge is 0.481 e. The summed E-state index contributed by atoms with van der Waals surface area (Å²) in [6, 6.07) is 1.27. The van der Waals surface area contributed by atoms with Gasteiger partial charge in [-0.2, -0.15) is 4.31 Å². The molecule has 2 aliphatic heterocycles. The van der Waals surface area contributed by atoms with Crippen molar-refractivity contribution < 1.29 is 18.3 Å². The van der Waals surface area contributed by atoms with Crippen molar-refractivity contribution in [3.8, 4) is 0 Å². The van der Waals surface area contributed by atoms with Crippen molar-refractivity contribution >= 4 is 27.3 Å². The molecule has 0 saturated carbocycles. The van der Waals surface area contributed by atoms with E-state index >= 15 is 0 Å². The second-order valence-electron chi connectivity index (χ2n) is 5.20. The first kappa shape index (κ1) is 13.1. The van der Waals surface area contributed by atoms with Crippen LogP contribution in [0.2, 0.25) is 0 Å². The van der Waals surface area contributed by atoms with Crippen molar-refractivity contribution in [2.75, 3.05) is 0 Å². The molecule has 2 bridgehead atoms. The van der Waals surface area contributed by atoms with E-state index in [0.717, 1.165) is 12.0 Å². The fourth-order valence-electron chi connectivity index (χ4n) is 3.30. The van der Waals surface area contributed by atoms with Crippen LogP contribution in [0.5, 0.6) is 0 Å². The minimum atomic E-state index is -3.54. The Bertz CT molecular complexity index is 621. The maximum Gasteiger partial charge on any atom is 0.308 e. The van der Waals surface area contributed by atoms with Crippen LogP contribution in [0.25, 0.3) is 0 Å². The number of hydrogen-bond acceptors (Lipinski definition) is 4. The number of sulfonamides is 1. The van der Waals surface area contributed by atoms with Crippen LogP contribution in [0.3, 0.4) is 0 Å². The molecule has 3 atom stereocenters. The van der Waals surface area contributed by atoms with E-state index in [1.807, 2.05) is 0 Å². The van der Waals surface area contributed by atoms with Crippen molar-refractivity contribution in [3.05, 3.63) is 17.0 Å². The van der Waals surface area contributed by atoms with E-state index in [2.05, 4.69) is 0 Å². The third kappa shape index (κ3) is 1.83. The Morgan fingerprint density at radius 3 is 2.74 bits per heavy atom. The lowest BCUT2D eigenvalue weighted by Crippen LogP contribution is -2.37. The summed E-state index contributed by atoms with van der Waals surface area (Å²) >= 11 is 1.21. The average Bonchev–Trinajstić information content (AvgIpc) is 3.01. The summed E-state index contributed by atoms with van der Waals surface area (Å²) in [7, 11) is -3.54. The third-order valence-electron chi connectivity index (χ3n) is 4.12. The Balaban J connectivity index is 2.00. The number of rotatable bonds is 3. The van der Waals surface area contributed by atoms with Gasteiger partial charge in [-0.15, -0.1) is 11.3 Å². The van der Waals surface area contributed by atoms with Crippen LogP contribution < -0.4 is 0 Å². The average molecular weight is 301 g/mol. The molecule has 2 saturated heterocycles. The molecule has 7 heteroatoms. The lowest BCUT2D eigenvalue weighted by molar-refractivity contribution is -0.142. The molecule has 5 nitrogen and oxygen atoms in total. The molecule has 0 aromatic carbocycles. The highest BCUT2D eigenvalue weighted by atomic mass is 32.2. The maximum atomic E-state index is 12.7. The monoisotopic (exact) mass is 301 g/mol. The number of aryl methyl sites for hydroxylation is 1. The van der Waals surface area contributed by atoms with Gasteiger partial charge >= 0.3 is 5.97 Å². The topological polar surface area (TPSA) is 74.7 Å². The molecular formula is C12H15NO4S2. The molecule has 1 N–H and O–H groups in total. The van der Waals surface area contributed by atoms with Crippen LogP contribution in [0.4, 0.5) is 0 Å². The molecule has 0 radical (unpaired) electrons. The highest BCUT2D eigenvalue weighted by Gasteiger charge is 2.54. The van der Waals surface area contributed by atoms with Gasteiger partial charge in [-0.25, -0.2) is 8.42 Å². The highest BCUT2D eigenvalue weighted by Crippen LogP contribution is 2.45. The van der Waals surface area contributed by atoms with Gasteiger partial charge in [0.1, 0.15) is 4.21 Å². The summed E-state index contributed by atoms with van der Waals surface area (Å²) in [5, 5.41) is 10.9. The summed E-state index contributed by atoms with van der Waals surface area (Å²) in [4.78, 5) is 11.2. The Morgan fingerprint density at radius 1 is 1.47 bits per heavy atom. The molecule has 1 aromatic rings. The minimum Gasteiger partial charge on any atom is -0.481 e. The third-order valence-corrected chi connectivity index (χ3v) is 7.76. The SMILES string of the molecule is Cc1ccsc1S(=O)(=O)N1C2CCC1C(C(=O)O)C2. The lowest BCUT2D eigenvalue weighted by atomic mass is 9.89. The molecule has 0 spiro atoms. The Hall–Kier alpha value is -0.920. The normalized spacial score (nSPS) is 30.9. The molecule has 0 aliphatic carbocycles. The second kappa shape index (κ2) is 4.29. The lowest BCUT2D eigenvalue weighted by Gasteiger charge is -2.22. The first-order valence-electron chi connectivity index (χ1n) is 6.23. The molecule has 2 fully saturated rings. The summed E-state index contributed by atoms with van der Waals surface area (Å²) in [5.74, 6) is -1.43. The summed E-state index contributed by atoms with van der Waals surface area (Å²) in [6.07, 6.45) is 1.88. The number of fused-ring (bicyclic) bond motifs is 2. The number of carboxylic acids is 1. The quantitative estimate of drug-likeness (QED) is 0.922. The smallest absolute Gasteiger partial charge is 0.308 e. The van der Waals surface area contributed by atoms with Gasteiger partial charge in [0.05, 0.1) is 5.92 Å². The van der Waals surface area contributed by atoms with E-state index in [4.69, 9.17) is 0 Å². The summed E-state index contributed by atoms with van der Waals surface area (Å²) in [5.41, 5.74) is 0.739. The minimum absolute atomic E-state index is 0.141. The maximum absolute atomic E-state index is 12.7. The van der Waals surface area contributed by atoms with E-state index < -0.39 is 21.9 Å². The molecular weight excluding hydrogens is 286 g/mol. The summed E-state index contributed by atoms with van der Waals surface area (Å²) in [6.45, 7) is 1.77. The van der Waals surface area contributed by atoms with E-state index in [1.54, 1.807) is 18.4 Å². The number of carboxylic acid groups (broad SMARTS) is 1. The van der Waals surface area contributed by atoms with Crippen molar-refractivity contribution in [1.29, 1.82) is 0 Å². The van der Waals surface area contributed by atoms with Crippen LogP contribution in [0, 0.1) is 12.8 Å². The first-order chi connectivity index (χ1) is 8.93. The Labute approximate surface area is 115 Å². The fourth-order valence-corrected chi connectivity index (χ4v) is 6.72. The predicted octanol–water partition coefficient (Wildman–Crippen LogP) is 1.68. The van der Waals surface area contributed by atoms with Gasteiger partial charge in [0.25, 0.3) is 10.0 Å². The van der Waals surface area contributed by atoms with Gasteiger partial charge in [-0.3, -0.25) is 4.79 Å². The van der Waals surface area contributed by atoms with Crippen molar-refractivity contribution in [1.82, 2.24) is 4.31 Å². The molecule has 3 heterocycles. The molecule has 3 rings (SSSR count). The Morgan fingerprint density at radius 2 is 2.21 bits per heavy atom. The van der Waals surface area contributed by atoms with Gasteiger partial charge in [-0.05, 0) is 43.2 Å². The van der Waals surface area contributed by atoms with Gasteiger partial charge < -0.3 is 5.11 Å². The van der Waals surface area contributed by atoms with E-state index in [-0.39, 0.29) is 12.1 Å². The second-order valence-corrected chi connectivity index (χ2v) is 8.16. The molecule has 104 valence electrons. The fraction of sp³-hybridized carbons (Fsp3) is 0.583. The van der Waals surface area contributed by atoms with Crippen LogP contribution in [0.15, 0.2) is 15.7 Å². The van der Waals surface area contributed by atoms with Crippen molar-refractivity contribution in [2.45, 2.75) is 42.5 Å². The highest BCUT2D eigenvalue weighted by molar-refractivity contribution is 7.91. The predicted molar refractivity (Wildman–Crippen MR) is 70.6 cm³/mol. The molecule has 19 heavy (non-hydrogen) atoms. The molecule has 2 aliphatic rings. The zero-order chi connectivity index (χ0) is 13.8.